The average Bonchev–Trinajstić information content (AvgIpc) is 2.30. The number of anilines is 1. The van der Waals surface area contributed by atoms with E-state index in [4.69, 9.17) is 0 Å². The van der Waals surface area contributed by atoms with Gasteiger partial charge in [0.25, 0.3) is 0 Å². The van der Waals surface area contributed by atoms with Gasteiger partial charge < -0.3 is 10.4 Å². The fourth-order valence-electron chi connectivity index (χ4n) is 1.79. The molecule has 0 bridgehead atoms. The van der Waals surface area contributed by atoms with Gasteiger partial charge in [-0.15, -0.1) is 0 Å². The third kappa shape index (κ3) is 2.80. The van der Waals surface area contributed by atoms with Gasteiger partial charge in [-0.3, -0.25) is 4.79 Å². The molecule has 0 spiro atoms. The molecule has 0 saturated carbocycles. The molecule has 0 amide bonds. The van der Waals surface area contributed by atoms with Gasteiger partial charge in [0.1, 0.15) is 5.75 Å². The summed E-state index contributed by atoms with van der Waals surface area (Å²) < 4.78 is 0.786. The third-order valence-corrected chi connectivity index (χ3v) is 4.10. The lowest BCUT2D eigenvalue weighted by Crippen LogP contribution is -2.12. The van der Waals surface area contributed by atoms with Crippen LogP contribution in [0.3, 0.4) is 0 Å². The molecule has 2 N–H and O–H groups in total. The summed E-state index contributed by atoms with van der Waals surface area (Å²) in [6.45, 7) is 1.85. The lowest BCUT2D eigenvalue weighted by molar-refractivity contribution is -0.115. The molecule has 0 heterocycles. The molecule has 90 valence electrons. The van der Waals surface area contributed by atoms with Crippen molar-refractivity contribution in [3.05, 3.63) is 33.0 Å². The fourth-order valence-corrected chi connectivity index (χ4v) is 2.47. The Labute approximate surface area is 114 Å². The Balaban J connectivity index is 2.23. The molecule has 2 rings (SSSR count). The van der Waals surface area contributed by atoms with E-state index in [1.165, 1.54) is 0 Å². The van der Waals surface area contributed by atoms with Crippen molar-refractivity contribution in [3.8, 4) is 5.75 Å². The number of nitrogens with one attached hydrogen (secondary N) is 1. The van der Waals surface area contributed by atoms with E-state index < -0.39 is 0 Å². The number of hydrogen-bond donors (Lipinski definition) is 2. The van der Waals surface area contributed by atoms with Gasteiger partial charge in [0.05, 0.1) is 3.58 Å². The Bertz CT molecular complexity index is 494. The molecular formula is C13H14INO2. The van der Waals surface area contributed by atoms with Gasteiger partial charge in [-0.1, -0.05) is 6.07 Å². The topological polar surface area (TPSA) is 49.3 Å². The van der Waals surface area contributed by atoms with E-state index in [-0.39, 0.29) is 11.5 Å². The predicted molar refractivity (Wildman–Crippen MR) is 76.4 cm³/mol. The van der Waals surface area contributed by atoms with Gasteiger partial charge in [0.15, 0.2) is 5.78 Å². The van der Waals surface area contributed by atoms with Crippen LogP contribution in [0.2, 0.25) is 0 Å². The quantitative estimate of drug-likeness (QED) is 0.808. The van der Waals surface area contributed by atoms with Gasteiger partial charge in [0, 0.05) is 23.9 Å². The van der Waals surface area contributed by atoms with Crippen LogP contribution in [0.1, 0.15) is 24.8 Å². The molecule has 0 fully saturated rings. The number of phenols is 1. The van der Waals surface area contributed by atoms with Gasteiger partial charge >= 0.3 is 0 Å². The lowest BCUT2D eigenvalue weighted by atomic mass is 10.0. The summed E-state index contributed by atoms with van der Waals surface area (Å²) in [4.78, 5) is 11.6. The molecule has 0 atom stereocenters. The van der Waals surface area contributed by atoms with E-state index in [1.807, 2.05) is 19.1 Å². The summed E-state index contributed by atoms with van der Waals surface area (Å²) in [6, 6.07) is 5.45. The SMILES string of the molecule is Cc1ccc(NC2=C(I)C(=O)CCC2)cc1O. The van der Waals surface area contributed by atoms with E-state index in [0.717, 1.165) is 33.4 Å². The van der Waals surface area contributed by atoms with Crippen molar-refractivity contribution in [2.45, 2.75) is 26.2 Å². The summed E-state index contributed by atoms with van der Waals surface area (Å²) in [5.41, 5.74) is 2.64. The molecule has 4 heteroatoms. The standard InChI is InChI=1S/C13H14INO2/c1-8-5-6-9(7-12(8)17)15-10-3-2-4-11(16)13(10)14/h5-7,15,17H,2-4H2,1H3. The number of halogens is 1. The van der Waals surface area contributed by atoms with Crippen LogP contribution < -0.4 is 5.32 Å². The highest BCUT2D eigenvalue weighted by atomic mass is 127. The highest BCUT2D eigenvalue weighted by Gasteiger charge is 2.18. The molecule has 0 aliphatic heterocycles. The van der Waals surface area contributed by atoms with E-state index in [9.17, 15) is 9.90 Å². The predicted octanol–water partition coefficient (Wildman–Crippen LogP) is 3.51. The largest absolute Gasteiger partial charge is 0.508 e. The second kappa shape index (κ2) is 5.08. The number of rotatable bonds is 2. The molecule has 1 aliphatic rings. The Kier molecular flexibility index (Phi) is 3.71. The number of aryl methyl sites for hydroxylation is 1. The van der Waals surface area contributed by atoms with Crippen LogP contribution in [0, 0.1) is 6.92 Å². The van der Waals surface area contributed by atoms with Crippen molar-refractivity contribution >= 4 is 34.1 Å². The monoisotopic (exact) mass is 343 g/mol. The second-order valence-electron chi connectivity index (χ2n) is 4.20. The first-order chi connectivity index (χ1) is 8.08. The molecule has 0 saturated heterocycles. The maximum absolute atomic E-state index is 11.6. The van der Waals surface area contributed by atoms with Crippen LogP contribution in [-0.4, -0.2) is 10.9 Å². The molecule has 17 heavy (non-hydrogen) atoms. The Morgan fingerprint density at radius 1 is 1.35 bits per heavy atom. The summed E-state index contributed by atoms with van der Waals surface area (Å²) in [7, 11) is 0. The fraction of sp³-hybridized carbons (Fsp3) is 0.308. The minimum atomic E-state index is 0.204. The Morgan fingerprint density at radius 2 is 2.12 bits per heavy atom. The van der Waals surface area contributed by atoms with E-state index in [1.54, 1.807) is 6.07 Å². The number of ketones is 1. The summed E-state index contributed by atoms with van der Waals surface area (Å²) in [5.74, 6) is 0.475. The molecule has 0 aromatic heterocycles. The highest BCUT2D eigenvalue weighted by molar-refractivity contribution is 14.1. The maximum atomic E-state index is 11.6. The van der Waals surface area contributed by atoms with Crippen LogP contribution in [0.5, 0.6) is 5.75 Å². The van der Waals surface area contributed by atoms with Crippen molar-refractivity contribution in [3.63, 3.8) is 0 Å². The van der Waals surface area contributed by atoms with Crippen molar-refractivity contribution < 1.29 is 9.90 Å². The van der Waals surface area contributed by atoms with Crippen LogP contribution >= 0.6 is 22.6 Å². The number of Topliss-reactive ketones (excluding diaryl/α,β-unsaturated/α-hetero) is 1. The van der Waals surface area contributed by atoms with Crippen LogP contribution in [0.15, 0.2) is 27.5 Å². The second-order valence-corrected chi connectivity index (χ2v) is 5.27. The number of carbonyl (C=O) groups excluding carboxylic acids is 1. The zero-order chi connectivity index (χ0) is 12.4. The first-order valence-corrected chi connectivity index (χ1v) is 6.64. The Morgan fingerprint density at radius 3 is 2.82 bits per heavy atom. The van der Waals surface area contributed by atoms with Crippen molar-refractivity contribution in [1.29, 1.82) is 0 Å². The normalized spacial score (nSPS) is 16.2. The minimum absolute atomic E-state index is 0.204. The average molecular weight is 343 g/mol. The third-order valence-electron chi connectivity index (χ3n) is 2.84. The summed E-state index contributed by atoms with van der Waals surface area (Å²) in [5, 5.41) is 12.8. The van der Waals surface area contributed by atoms with Crippen LogP contribution in [0.25, 0.3) is 0 Å². The number of hydrogen-bond acceptors (Lipinski definition) is 3. The highest BCUT2D eigenvalue weighted by Crippen LogP contribution is 2.29. The lowest BCUT2D eigenvalue weighted by Gasteiger charge is -2.17. The summed E-state index contributed by atoms with van der Waals surface area (Å²) in [6.07, 6.45) is 2.42. The number of allylic oxidation sites excluding steroid dienone is 2. The first-order valence-electron chi connectivity index (χ1n) is 5.56. The van der Waals surface area contributed by atoms with Gasteiger partial charge in [0.2, 0.25) is 0 Å². The van der Waals surface area contributed by atoms with Crippen LogP contribution in [0.4, 0.5) is 5.69 Å². The molecule has 1 aromatic rings. The molecule has 0 radical (unpaired) electrons. The summed E-state index contributed by atoms with van der Waals surface area (Å²) >= 11 is 2.09. The number of aromatic hydroxyl groups is 1. The van der Waals surface area contributed by atoms with Crippen molar-refractivity contribution in [2.75, 3.05) is 5.32 Å². The van der Waals surface area contributed by atoms with E-state index in [0.29, 0.717) is 6.42 Å². The smallest absolute Gasteiger partial charge is 0.170 e. The van der Waals surface area contributed by atoms with E-state index >= 15 is 0 Å². The Hall–Kier alpha value is -1.04. The van der Waals surface area contributed by atoms with Crippen LogP contribution in [-0.2, 0) is 4.79 Å². The van der Waals surface area contributed by atoms with Gasteiger partial charge in [-0.2, -0.15) is 0 Å². The van der Waals surface area contributed by atoms with Gasteiger partial charge in [-0.05, 0) is 54.0 Å². The van der Waals surface area contributed by atoms with Crippen molar-refractivity contribution in [2.24, 2.45) is 0 Å². The zero-order valence-corrected chi connectivity index (χ0v) is 11.7. The van der Waals surface area contributed by atoms with Crippen molar-refractivity contribution in [1.82, 2.24) is 0 Å². The minimum Gasteiger partial charge on any atom is -0.508 e. The maximum Gasteiger partial charge on any atom is 0.170 e. The number of carbonyl (C=O) groups is 1. The number of benzene rings is 1. The van der Waals surface area contributed by atoms with Gasteiger partial charge in [-0.25, -0.2) is 0 Å². The number of phenolic OH excluding ortho intramolecular Hbond substituents is 1. The molecule has 1 aliphatic carbocycles. The molecule has 1 aromatic carbocycles. The molecule has 0 unspecified atom stereocenters. The zero-order valence-electron chi connectivity index (χ0n) is 9.59. The molecular weight excluding hydrogens is 329 g/mol. The first kappa shape index (κ1) is 12.4. The van der Waals surface area contributed by atoms with E-state index in [2.05, 4.69) is 27.9 Å². The molecule has 3 nitrogen and oxygen atoms in total.